The Morgan fingerprint density at radius 2 is 1.88 bits per heavy atom. The molecule has 4 fully saturated rings. The Bertz CT molecular complexity index is 1320. The third-order valence-electron chi connectivity index (χ3n) is 10.3. The lowest BCUT2D eigenvalue weighted by molar-refractivity contribution is -0.183. The predicted octanol–water partition coefficient (Wildman–Crippen LogP) is 3.65. The molecule has 0 unspecified atom stereocenters. The number of amides is 1. The molecule has 2 aromatic carbocycles. The third kappa shape index (κ3) is 5.28. The fraction of sp³-hybridized carbons (Fsp3) is 0.545. The van der Waals surface area contributed by atoms with Crippen molar-refractivity contribution >= 4 is 18.5 Å². The van der Waals surface area contributed by atoms with Gasteiger partial charge in [-0.3, -0.25) is 19.2 Å². The molecule has 4 aliphatic rings. The van der Waals surface area contributed by atoms with Crippen LogP contribution in [0.4, 0.5) is 0 Å². The van der Waals surface area contributed by atoms with Crippen LogP contribution in [-0.4, -0.2) is 71.8 Å². The van der Waals surface area contributed by atoms with Crippen molar-refractivity contribution in [2.45, 2.75) is 71.4 Å². The van der Waals surface area contributed by atoms with Crippen LogP contribution in [0.15, 0.2) is 36.4 Å². The molecule has 3 aliphatic carbocycles. The van der Waals surface area contributed by atoms with Gasteiger partial charge in [0.25, 0.3) is 0 Å². The van der Waals surface area contributed by atoms with Crippen molar-refractivity contribution in [3.63, 3.8) is 0 Å². The number of benzene rings is 2. The fourth-order valence-corrected chi connectivity index (χ4v) is 7.80. The highest BCUT2D eigenvalue weighted by molar-refractivity contribution is 5.87. The summed E-state index contributed by atoms with van der Waals surface area (Å²) in [5, 5.41) is 25.7. The van der Waals surface area contributed by atoms with Gasteiger partial charge in [0.15, 0.2) is 0 Å². The SMILES string of the molecule is COc1c(CN2O[C@@H](CO)[C@@H]([C@H](C)O)[C@H]2C(=O)N[C@H]2C[C@H]3C[C@@H]([C@@H]2C)C3(C)C)cccc1-c1cc(C=O)cc(C=O)c1. The summed E-state index contributed by atoms with van der Waals surface area (Å²) in [6, 6.07) is 9.61. The highest BCUT2D eigenvalue weighted by atomic mass is 16.7. The molecular formula is C33H42N2O7. The normalized spacial score (nSPS) is 30.7. The van der Waals surface area contributed by atoms with E-state index >= 15 is 0 Å². The Morgan fingerprint density at radius 1 is 1.19 bits per heavy atom. The van der Waals surface area contributed by atoms with Crippen LogP contribution in [0.3, 0.4) is 0 Å². The van der Waals surface area contributed by atoms with E-state index in [-0.39, 0.29) is 30.5 Å². The molecule has 1 saturated heterocycles. The zero-order valence-corrected chi connectivity index (χ0v) is 24.9. The number of nitrogens with zero attached hydrogens (tertiary/aromatic N) is 1. The maximum Gasteiger partial charge on any atom is 0.240 e. The number of aliphatic hydroxyl groups excluding tert-OH is 2. The number of ether oxygens (including phenoxy) is 1. The average molecular weight is 579 g/mol. The molecule has 42 heavy (non-hydrogen) atoms. The maximum atomic E-state index is 14.0. The Hall–Kier alpha value is -3.11. The van der Waals surface area contributed by atoms with Crippen molar-refractivity contribution in [2.75, 3.05) is 13.7 Å². The van der Waals surface area contributed by atoms with Crippen LogP contribution in [0, 0.1) is 29.1 Å². The third-order valence-corrected chi connectivity index (χ3v) is 10.3. The first-order valence-corrected chi connectivity index (χ1v) is 14.8. The second kappa shape index (κ2) is 11.9. The summed E-state index contributed by atoms with van der Waals surface area (Å²) in [6.45, 7) is 8.26. The average Bonchev–Trinajstić information content (AvgIpc) is 3.36. The lowest BCUT2D eigenvalue weighted by atomic mass is 9.45. The first kappa shape index (κ1) is 30.4. The van der Waals surface area contributed by atoms with E-state index in [4.69, 9.17) is 9.57 Å². The van der Waals surface area contributed by atoms with Crippen LogP contribution >= 0.6 is 0 Å². The summed E-state index contributed by atoms with van der Waals surface area (Å²) in [5.41, 5.74) is 3.03. The number of para-hydroxylation sites is 1. The van der Waals surface area contributed by atoms with Gasteiger partial charge in [-0.15, -0.1) is 0 Å². The summed E-state index contributed by atoms with van der Waals surface area (Å²) < 4.78 is 5.82. The number of hydrogen-bond donors (Lipinski definition) is 3. The molecule has 8 atom stereocenters. The number of aldehydes is 2. The van der Waals surface area contributed by atoms with Gasteiger partial charge in [-0.2, -0.15) is 5.06 Å². The molecule has 2 bridgehead atoms. The molecule has 0 aromatic heterocycles. The minimum absolute atomic E-state index is 0.0360. The predicted molar refractivity (Wildman–Crippen MR) is 157 cm³/mol. The Morgan fingerprint density at radius 3 is 2.43 bits per heavy atom. The molecule has 9 heteroatoms. The number of carbonyl (C=O) groups excluding carboxylic acids is 3. The van der Waals surface area contributed by atoms with Gasteiger partial charge in [0.1, 0.15) is 30.5 Å². The summed E-state index contributed by atoms with van der Waals surface area (Å²) in [6.07, 6.45) is 1.84. The van der Waals surface area contributed by atoms with Crippen LogP contribution in [-0.2, 0) is 16.2 Å². The molecule has 1 aliphatic heterocycles. The highest BCUT2D eigenvalue weighted by Gasteiger charge is 2.57. The number of nitrogens with one attached hydrogen (secondary N) is 1. The zero-order valence-electron chi connectivity index (χ0n) is 24.9. The number of fused-ring (bicyclic) bond motifs is 2. The van der Waals surface area contributed by atoms with E-state index in [0.717, 1.165) is 6.42 Å². The monoisotopic (exact) mass is 578 g/mol. The summed E-state index contributed by atoms with van der Waals surface area (Å²) in [4.78, 5) is 43.2. The molecule has 6 rings (SSSR count). The van der Waals surface area contributed by atoms with Gasteiger partial charge in [0.05, 0.1) is 26.4 Å². The summed E-state index contributed by atoms with van der Waals surface area (Å²) >= 11 is 0. The molecule has 9 nitrogen and oxygen atoms in total. The minimum Gasteiger partial charge on any atom is -0.496 e. The number of hydrogen-bond acceptors (Lipinski definition) is 8. The zero-order chi connectivity index (χ0) is 30.3. The van der Waals surface area contributed by atoms with Gasteiger partial charge >= 0.3 is 0 Å². The second-order valence-corrected chi connectivity index (χ2v) is 12.9. The fourth-order valence-electron chi connectivity index (χ4n) is 7.80. The molecule has 0 radical (unpaired) electrons. The van der Waals surface area contributed by atoms with E-state index in [2.05, 4.69) is 26.1 Å². The Balaban J connectivity index is 1.45. The highest BCUT2D eigenvalue weighted by Crippen LogP contribution is 2.61. The number of hydroxylamine groups is 2. The molecule has 2 aromatic rings. The Kier molecular flexibility index (Phi) is 8.58. The van der Waals surface area contributed by atoms with Crippen molar-refractivity contribution < 1.29 is 34.2 Å². The number of carbonyl (C=O) groups is 3. The molecule has 1 amide bonds. The van der Waals surface area contributed by atoms with E-state index in [1.807, 2.05) is 18.2 Å². The van der Waals surface area contributed by atoms with Crippen molar-refractivity contribution in [2.24, 2.45) is 29.1 Å². The van der Waals surface area contributed by atoms with E-state index in [0.29, 0.717) is 63.9 Å². The van der Waals surface area contributed by atoms with Gasteiger partial charge in [0, 0.05) is 34.2 Å². The molecular weight excluding hydrogens is 536 g/mol. The van der Waals surface area contributed by atoms with Gasteiger partial charge in [-0.1, -0.05) is 39.0 Å². The number of rotatable bonds is 10. The number of methoxy groups -OCH3 is 1. The summed E-state index contributed by atoms with van der Waals surface area (Å²) in [5.74, 6) is 1.09. The second-order valence-electron chi connectivity index (χ2n) is 12.9. The molecule has 0 spiro atoms. The van der Waals surface area contributed by atoms with Crippen LogP contribution < -0.4 is 10.1 Å². The molecule has 3 N–H and O–H groups in total. The summed E-state index contributed by atoms with van der Waals surface area (Å²) in [7, 11) is 1.54. The lowest BCUT2D eigenvalue weighted by Gasteiger charge is -2.62. The minimum atomic E-state index is -0.903. The van der Waals surface area contributed by atoms with Gasteiger partial charge in [-0.25, -0.2) is 0 Å². The van der Waals surface area contributed by atoms with Gasteiger partial charge in [0.2, 0.25) is 5.91 Å². The van der Waals surface area contributed by atoms with Crippen molar-refractivity contribution in [3.8, 4) is 16.9 Å². The smallest absolute Gasteiger partial charge is 0.240 e. The van der Waals surface area contributed by atoms with Crippen LogP contribution in [0.1, 0.15) is 66.8 Å². The first-order chi connectivity index (χ1) is 20.0. The quantitative estimate of drug-likeness (QED) is 0.365. The Labute approximate surface area is 247 Å². The van der Waals surface area contributed by atoms with Crippen LogP contribution in [0.2, 0.25) is 0 Å². The van der Waals surface area contributed by atoms with E-state index in [1.165, 1.54) is 19.6 Å². The van der Waals surface area contributed by atoms with Gasteiger partial charge in [-0.05, 0) is 66.7 Å². The van der Waals surface area contributed by atoms with E-state index in [1.54, 1.807) is 24.1 Å². The lowest BCUT2D eigenvalue weighted by Crippen LogP contribution is -2.62. The van der Waals surface area contributed by atoms with E-state index < -0.39 is 24.2 Å². The van der Waals surface area contributed by atoms with Crippen LogP contribution in [0.25, 0.3) is 11.1 Å². The van der Waals surface area contributed by atoms with Crippen LogP contribution in [0.5, 0.6) is 5.75 Å². The maximum absolute atomic E-state index is 14.0. The van der Waals surface area contributed by atoms with Gasteiger partial charge < -0.3 is 20.3 Å². The number of aliphatic hydroxyl groups is 2. The topological polar surface area (TPSA) is 125 Å². The largest absolute Gasteiger partial charge is 0.496 e. The molecule has 1 heterocycles. The standard InChI is InChI=1S/C33H42N2O7/c1-18-26-12-24(33(26,3)4)13-27(18)34-32(40)30-29(19(2)39)28(17-38)42-35(30)14-22-7-6-8-25(31(22)41-5)23-10-20(15-36)9-21(11-23)16-37/h6-11,15-16,18-19,24,26-30,38-39H,12-14,17H2,1-5H3,(H,34,40)/t18-,19-,24+,26-,27-,28-,29+,30-/m0/s1. The van der Waals surface area contributed by atoms with Crippen molar-refractivity contribution in [1.82, 2.24) is 10.4 Å². The van der Waals surface area contributed by atoms with Crippen molar-refractivity contribution in [1.29, 1.82) is 0 Å². The molecule has 226 valence electrons. The molecule has 3 saturated carbocycles. The van der Waals surface area contributed by atoms with Crippen molar-refractivity contribution in [3.05, 3.63) is 53.1 Å². The first-order valence-electron chi connectivity index (χ1n) is 14.8. The van der Waals surface area contributed by atoms with E-state index in [9.17, 15) is 24.6 Å².